The lowest BCUT2D eigenvalue weighted by Crippen LogP contribution is -2.60. The van der Waals surface area contributed by atoms with E-state index in [1.165, 1.54) is 6.42 Å². The summed E-state index contributed by atoms with van der Waals surface area (Å²) in [6.45, 7) is 2.15. The van der Waals surface area contributed by atoms with Crippen molar-refractivity contribution in [3.63, 3.8) is 0 Å². The highest BCUT2D eigenvalue weighted by Crippen LogP contribution is 2.59. The first-order valence-corrected chi connectivity index (χ1v) is 2.95. The van der Waals surface area contributed by atoms with Gasteiger partial charge in [-0.1, -0.05) is 6.92 Å². The Bertz CT molecular complexity index is 80.4. The van der Waals surface area contributed by atoms with Gasteiger partial charge < -0.3 is 0 Å². The molecule has 0 aromatic rings. The second kappa shape index (κ2) is 0.862. The topological polar surface area (TPSA) is 0 Å². The van der Waals surface area contributed by atoms with Crippen LogP contribution in [0.3, 0.4) is 0 Å². The van der Waals surface area contributed by atoms with Gasteiger partial charge in [0.2, 0.25) is 0 Å². The molecule has 0 aromatic heterocycles. The Morgan fingerprint density at radius 2 is 2.00 bits per heavy atom. The zero-order valence-electron chi connectivity index (χ0n) is 4.39. The van der Waals surface area contributed by atoms with Gasteiger partial charge in [0.15, 0.2) is 0 Å². The van der Waals surface area contributed by atoms with Gasteiger partial charge in [-0.3, -0.25) is 0 Å². The molecule has 0 amide bonds. The maximum Gasteiger partial charge on any atom is 0.106 e. The summed E-state index contributed by atoms with van der Waals surface area (Å²) in [4.78, 5) is 0. The number of rotatable bonds is 0. The third-order valence-electron chi connectivity index (χ3n) is 2.71. The Morgan fingerprint density at radius 3 is 2.00 bits per heavy atom. The summed E-state index contributed by atoms with van der Waals surface area (Å²) < 4.78 is 12.2. The third-order valence-corrected chi connectivity index (χ3v) is 2.71. The Balaban J connectivity index is 2.07. The van der Waals surface area contributed by atoms with E-state index in [1.807, 2.05) is 0 Å². The molecular weight excluding hydrogens is 91.1 g/mol. The minimum Gasteiger partial charge on any atom is -0.247 e. The molecule has 2 bridgehead atoms. The van der Waals surface area contributed by atoms with Crippen molar-refractivity contribution in [1.82, 2.24) is 0 Å². The van der Waals surface area contributed by atoms with Crippen LogP contribution in [-0.2, 0) is 0 Å². The van der Waals surface area contributed by atoms with E-state index >= 15 is 0 Å². The second-order valence-corrected chi connectivity index (χ2v) is 2.87. The van der Waals surface area contributed by atoms with Gasteiger partial charge in [-0.2, -0.15) is 0 Å². The zero-order chi connectivity index (χ0) is 5.02. The van der Waals surface area contributed by atoms with Gasteiger partial charge in [0.1, 0.15) is 6.17 Å². The molecule has 40 valence electrons. The molecule has 2 unspecified atom stereocenters. The van der Waals surface area contributed by atoms with Crippen LogP contribution in [0.1, 0.15) is 13.3 Å². The summed E-state index contributed by atoms with van der Waals surface area (Å²) in [7, 11) is 0. The van der Waals surface area contributed by atoms with Crippen molar-refractivity contribution in [2.45, 2.75) is 19.5 Å². The molecule has 0 N–H and O–H groups in total. The predicted molar refractivity (Wildman–Crippen MR) is 25.7 cm³/mol. The third kappa shape index (κ3) is 0.231. The normalized spacial score (nSPS) is 66.0. The van der Waals surface area contributed by atoms with Crippen LogP contribution in [0.4, 0.5) is 4.39 Å². The molecular formula is C6H9F. The Labute approximate surface area is 42.7 Å². The monoisotopic (exact) mass is 100 g/mol. The molecule has 0 aliphatic heterocycles. The van der Waals surface area contributed by atoms with Gasteiger partial charge in [-0.25, -0.2) is 4.39 Å². The van der Waals surface area contributed by atoms with E-state index in [0.29, 0.717) is 11.8 Å². The van der Waals surface area contributed by atoms with Crippen LogP contribution in [0.25, 0.3) is 0 Å². The standard InChI is InChI=1S/C6H9F/c1-3-4-2-5(3)6(4)7/h3-6H,2H2,1H3. The predicted octanol–water partition coefficient (Wildman–Crippen LogP) is 1.61. The summed E-state index contributed by atoms with van der Waals surface area (Å²) in [5, 5.41) is 0. The lowest BCUT2D eigenvalue weighted by atomic mass is 9.47. The molecule has 3 aliphatic carbocycles. The molecule has 0 nitrogen and oxygen atoms in total. The minimum atomic E-state index is -0.394. The molecule has 3 aliphatic rings. The van der Waals surface area contributed by atoms with Gasteiger partial charge in [-0.05, 0) is 24.2 Å². The summed E-state index contributed by atoms with van der Waals surface area (Å²) in [5.74, 6) is 1.69. The lowest BCUT2D eigenvalue weighted by Gasteiger charge is -2.59. The minimum absolute atomic E-state index is 0.394. The van der Waals surface area contributed by atoms with E-state index in [1.54, 1.807) is 0 Å². The number of alkyl halides is 1. The average Bonchev–Trinajstić information content (AvgIpc) is 1.60. The number of halogens is 1. The second-order valence-electron chi connectivity index (χ2n) is 2.87. The van der Waals surface area contributed by atoms with Crippen molar-refractivity contribution in [1.29, 1.82) is 0 Å². The molecule has 2 atom stereocenters. The molecule has 3 rings (SSSR count). The lowest BCUT2D eigenvalue weighted by molar-refractivity contribution is -0.163. The van der Waals surface area contributed by atoms with Crippen molar-refractivity contribution in [3.8, 4) is 0 Å². The first kappa shape index (κ1) is 3.88. The van der Waals surface area contributed by atoms with Crippen LogP contribution in [0.2, 0.25) is 0 Å². The fraction of sp³-hybridized carbons (Fsp3) is 1.00. The van der Waals surface area contributed by atoms with Crippen LogP contribution >= 0.6 is 0 Å². The highest BCUT2D eigenvalue weighted by Gasteiger charge is 2.59. The van der Waals surface area contributed by atoms with Gasteiger partial charge >= 0.3 is 0 Å². The molecule has 0 saturated heterocycles. The Morgan fingerprint density at radius 1 is 1.43 bits per heavy atom. The number of hydrogen-bond donors (Lipinski definition) is 0. The maximum atomic E-state index is 12.2. The summed E-state index contributed by atoms with van der Waals surface area (Å²) in [6.07, 6.45) is 0.789. The Kier molecular flexibility index (Phi) is 0.477. The quantitative estimate of drug-likeness (QED) is 0.434. The van der Waals surface area contributed by atoms with E-state index in [0.717, 1.165) is 5.92 Å². The van der Waals surface area contributed by atoms with Gasteiger partial charge in [-0.15, -0.1) is 0 Å². The first-order chi connectivity index (χ1) is 3.30. The van der Waals surface area contributed by atoms with E-state index in [-0.39, 0.29) is 0 Å². The van der Waals surface area contributed by atoms with Gasteiger partial charge in [0.05, 0.1) is 0 Å². The number of hydrogen-bond acceptors (Lipinski definition) is 0. The molecule has 0 spiro atoms. The molecule has 0 radical (unpaired) electrons. The SMILES string of the molecule is CC1C2CC1C2F. The smallest absolute Gasteiger partial charge is 0.106 e. The highest BCUT2D eigenvalue weighted by atomic mass is 19.1. The van der Waals surface area contributed by atoms with E-state index in [9.17, 15) is 4.39 Å². The fourth-order valence-corrected chi connectivity index (χ4v) is 1.68. The van der Waals surface area contributed by atoms with Crippen LogP contribution in [-0.4, -0.2) is 6.17 Å². The van der Waals surface area contributed by atoms with E-state index < -0.39 is 6.17 Å². The Hall–Kier alpha value is -0.0700. The highest BCUT2D eigenvalue weighted by molar-refractivity contribution is 5.07. The first-order valence-electron chi connectivity index (χ1n) is 2.95. The average molecular weight is 100 g/mol. The summed E-state index contributed by atoms with van der Waals surface area (Å²) in [5.41, 5.74) is 0. The molecule has 0 heterocycles. The molecule has 7 heavy (non-hydrogen) atoms. The van der Waals surface area contributed by atoms with Crippen LogP contribution in [0, 0.1) is 17.8 Å². The van der Waals surface area contributed by atoms with Gasteiger partial charge in [0.25, 0.3) is 0 Å². The fourth-order valence-electron chi connectivity index (χ4n) is 1.68. The van der Waals surface area contributed by atoms with Crippen molar-refractivity contribution >= 4 is 0 Å². The summed E-state index contributed by atoms with van der Waals surface area (Å²) in [6, 6.07) is 0. The van der Waals surface area contributed by atoms with E-state index in [2.05, 4.69) is 6.92 Å². The van der Waals surface area contributed by atoms with Crippen LogP contribution in [0.5, 0.6) is 0 Å². The molecule has 3 saturated carbocycles. The van der Waals surface area contributed by atoms with Crippen LogP contribution < -0.4 is 0 Å². The molecule has 1 heteroatoms. The van der Waals surface area contributed by atoms with Crippen LogP contribution in [0.15, 0.2) is 0 Å². The van der Waals surface area contributed by atoms with Crippen molar-refractivity contribution in [3.05, 3.63) is 0 Å². The van der Waals surface area contributed by atoms with E-state index in [4.69, 9.17) is 0 Å². The van der Waals surface area contributed by atoms with Crippen molar-refractivity contribution < 1.29 is 4.39 Å². The van der Waals surface area contributed by atoms with Crippen molar-refractivity contribution in [2.24, 2.45) is 17.8 Å². The molecule has 3 fully saturated rings. The molecule has 0 aromatic carbocycles. The zero-order valence-corrected chi connectivity index (χ0v) is 4.39. The van der Waals surface area contributed by atoms with Gasteiger partial charge in [0, 0.05) is 0 Å². The largest absolute Gasteiger partial charge is 0.247 e. The maximum absolute atomic E-state index is 12.2. The van der Waals surface area contributed by atoms with Crippen molar-refractivity contribution in [2.75, 3.05) is 0 Å². The summed E-state index contributed by atoms with van der Waals surface area (Å²) >= 11 is 0.